The highest BCUT2D eigenvalue weighted by molar-refractivity contribution is 14.1. The summed E-state index contributed by atoms with van der Waals surface area (Å²) in [4.78, 5) is 24.3. The quantitative estimate of drug-likeness (QED) is 0.243. The molecule has 1 N–H and O–H groups in total. The highest BCUT2D eigenvalue weighted by atomic mass is 127. The van der Waals surface area contributed by atoms with E-state index in [0.717, 1.165) is 9.13 Å². The van der Waals surface area contributed by atoms with Crippen molar-refractivity contribution in [3.8, 4) is 5.75 Å². The van der Waals surface area contributed by atoms with Gasteiger partial charge >= 0.3 is 5.97 Å². The Morgan fingerprint density at radius 3 is 2.50 bits per heavy atom. The SMILES string of the molecule is O=C1NC(=S)S/C1=C\c1ccc(OC(=O)c2ccccc2I)cc1. The van der Waals surface area contributed by atoms with Crippen LogP contribution in [0.25, 0.3) is 6.08 Å². The zero-order valence-electron chi connectivity index (χ0n) is 12.1. The molecule has 1 aliphatic heterocycles. The molecule has 120 valence electrons. The molecule has 1 saturated heterocycles. The Balaban J connectivity index is 1.72. The molecule has 24 heavy (non-hydrogen) atoms. The third kappa shape index (κ3) is 4.03. The minimum atomic E-state index is -0.401. The minimum Gasteiger partial charge on any atom is -0.423 e. The third-order valence-corrected chi connectivity index (χ3v) is 5.23. The summed E-state index contributed by atoms with van der Waals surface area (Å²) in [5.74, 6) is -0.151. The van der Waals surface area contributed by atoms with Crippen LogP contribution in [0.5, 0.6) is 5.75 Å². The highest BCUT2D eigenvalue weighted by Crippen LogP contribution is 2.26. The standard InChI is InChI=1S/C17H10INO3S2/c18-13-4-2-1-3-12(13)16(21)22-11-7-5-10(6-8-11)9-14-15(20)19-17(23)24-14/h1-9H,(H,19,20,23)/b14-9-. The van der Waals surface area contributed by atoms with Gasteiger partial charge in [-0.15, -0.1) is 0 Å². The van der Waals surface area contributed by atoms with E-state index >= 15 is 0 Å². The minimum absolute atomic E-state index is 0.195. The van der Waals surface area contributed by atoms with Gasteiger partial charge in [0.25, 0.3) is 5.91 Å². The molecule has 7 heteroatoms. The van der Waals surface area contributed by atoms with Gasteiger partial charge in [0.15, 0.2) is 0 Å². The molecule has 0 unspecified atom stereocenters. The van der Waals surface area contributed by atoms with Gasteiger partial charge in [0, 0.05) is 3.57 Å². The number of rotatable bonds is 3. The van der Waals surface area contributed by atoms with Crippen molar-refractivity contribution in [3.63, 3.8) is 0 Å². The predicted molar refractivity (Wildman–Crippen MR) is 107 cm³/mol. The maximum absolute atomic E-state index is 12.2. The summed E-state index contributed by atoms with van der Waals surface area (Å²) in [6.07, 6.45) is 1.74. The number of halogens is 1. The monoisotopic (exact) mass is 467 g/mol. The Labute approximate surface area is 161 Å². The maximum atomic E-state index is 12.2. The van der Waals surface area contributed by atoms with E-state index in [4.69, 9.17) is 17.0 Å². The lowest BCUT2D eigenvalue weighted by Crippen LogP contribution is -2.17. The molecule has 0 spiro atoms. The summed E-state index contributed by atoms with van der Waals surface area (Å²) in [6.45, 7) is 0. The first kappa shape index (κ1) is 17.1. The van der Waals surface area contributed by atoms with Crippen LogP contribution in [0.1, 0.15) is 15.9 Å². The van der Waals surface area contributed by atoms with E-state index in [1.807, 2.05) is 12.1 Å². The second kappa shape index (κ2) is 7.45. The van der Waals surface area contributed by atoms with Gasteiger partial charge in [0.05, 0.1) is 10.5 Å². The molecule has 2 aromatic carbocycles. The van der Waals surface area contributed by atoms with Gasteiger partial charge in [-0.25, -0.2) is 4.79 Å². The summed E-state index contributed by atoms with van der Waals surface area (Å²) in [5, 5.41) is 2.57. The Kier molecular flexibility index (Phi) is 5.32. The number of amides is 1. The van der Waals surface area contributed by atoms with Crippen molar-refractivity contribution in [1.82, 2.24) is 5.32 Å². The molecule has 4 nitrogen and oxygen atoms in total. The van der Waals surface area contributed by atoms with Gasteiger partial charge in [0.2, 0.25) is 0 Å². The molecule has 1 aliphatic rings. The molecule has 0 bridgehead atoms. The zero-order valence-corrected chi connectivity index (χ0v) is 15.9. The first-order valence-corrected chi connectivity index (χ1v) is 9.15. The molecule has 0 radical (unpaired) electrons. The smallest absolute Gasteiger partial charge is 0.344 e. The van der Waals surface area contributed by atoms with Gasteiger partial charge < -0.3 is 10.1 Å². The van der Waals surface area contributed by atoms with Gasteiger partial charge in [-0.2, -0.15) is 0 Å². The van der Waals surface area contributed by atoms with Crippen molar-refractivity contribution in [1.29, 1.82) is 0 Å². The number of benzene rings is 2. The number of carbonyl (C=O) groups is 2. The number of hydrogen-bond donors (Lipinski definition) is 1. The van der Waals surface area contributed by atoms with Crippen molar-refractivity contribution in [2.45, 2.75) is 0 Å². The lowest BCUT2D eigenvalue weighted by atomic mass is 10.2. The molecule has 2 aromatic rings. The zero-order chi connectivity index (χ0) is 17.1. The van der Waals surface area contributed by atoms with Crippen molar-refractivity contribution in [2.24, 2.45) is 0 Å². The first-order valence-electron chi connectivity index (χ1n) is 6.84. The normalized spacial score (nSPS) is 15.5. The van der Waals surface area contributed by atoms with Gasteiger partial charge in [-0.05, 0) is 58.5 Å². The van der Waals surface area contributed by atoms with Crippen molar-refractivity contribution in [3.05, 3.63) is 68.1 Å². The van der Waals surface area contributed by atoms with Crippen LogP contribution in [0.2, 0.25) is 0 Å². The fourth-order valence-electron chi connectivity index (χ4n) is 1.99. The molecule has 3 rings (SSSR count). The lowest BCUT2D eigenvalue weighted by Gasteiger charge is -2.06. The van der Waals surface area contributed by atoms with E-state index in [1.165, 1.54) is 11.8 Å². The lowest BCUT2D eigenvalue weighted by molar-refractivity contribution is -0.115. The third-order valence-electron chi connectivity index (χ3n) is 3.12. The molecule has 0 aromatic heterocycles. The van der Waals surface area contributed by atoms with Gasteiger partial charge in [-0.3, -0.25) is 4.79 Å². The van der Waals surface area contributed by atoms with Crippen LogP contribution < -0.4 is 10.1 Å². The van der Waals surface area contributed by atoms with Gasteiger partial charge in [0.1, 0.15) is 10.1 Å². The number of ether oxygens (including phenoxy) is 1. The number of thiocarbonyl (C=S) groups is 1. The summed E-state index contributed by atoms with van der Waals surface area (Å²) in [7, 11) is 0. The largest absolute Gasteiger partial charge is 0.423 e. The van der Waals surface area contributed by atoms with E-state index in [0.29, 0.717) is 20.5 Å². The van der Waals surface area contributed by atoms with Crippen LogP contribution in [-0.4, -0.2) is 16.2 Å². The van der Waals surface area contributed by atoms with E-state index < -0.39 is 5.97 Å². The number of hydrogen-bond acceptors (Lipinski definition) is 5. The van der Waals surface area contributed by atoms with E-state index in [-0.39, 0.29) is 5.91 Å². The van der Waals surface area contributed by atoms with Crippen LogP contribution in [0.4, 0.5) is 0 Å². The molecule has 1 fully saturated rings. The fourth-order valence-corrected chi connectivity index (χ4v) is 3.65. The van der Waals surface area contributed by atoms with Crippen LogP contribution in [0, 0.1) is 3.57 Å². The topological polar surface area (TPSA) is 55.4 Å². The number of carbonyl (C=O) groups excluding carboxylic acids is 2. The van der Waals surface area contributed by atoms with Crippen LogP contribution in [0.3, 0.4) is 0 Å². The Morgan fingerprint density at radius 2 is 1.88 bits per heavy atom. The summed E-state index contributed by atoms with van der Waals surface area (Å²) in [5.41, 5.74) is 1.35. The molecular weight excluding hydrogens is 457 g/mol. The highest BCUT2D eigenvalue weighted by Gasteiger charge is 2.21. The second-order valence-corrected chi connectivity index (χ2v) is 7.67. The Bertz CT molecular complexity index is 862. The number of nitrogens with one attached hydrogen (secondary N) is 1. The van der Waals surface area contributed by atoms with E-state index in [9.17, 15) is 9.59 Å². The van der Waals surface area contributed by atoms with Crippen molar-refractivity contribution < 1.29 is 14.3 Å². The van der Waals surface area contributed by atoms with E-state index in [2.05, 4.69) is 27.9 Å². The molecule has 0 saturated carbocycles. The molecule has 0 atom stereocenters. The van der Waals surface area contributed by atoms with Gasteiger partial charge in [-0.1, -0.05) is 48.2 Å². The van der Waals surface area contributed by atoms with Crippen LogP contribution in [-0.2, 0) is 4.79 Å². The fraction of sp³-hybridized carbons (Fsp3) is 0. The Morgan fingerprint density at radius 1 is 1.17 bits per heavy atom. The maximum Gasteiger partial charge on any atom is 0.344 e. The Hall–Kier alpha value is -1.71. The average Bonchev–Trinajstić information content (AvgIpc) is 2.87. The van der Waals surface area contributed by atoms with Crippen molar-refractivity contribution in [2.75, 3.05) is 0 Å². The van der Waals surface area contributed by atoms with Crippen LogP contribution in [0.15, 0.2) is 53.4 Å². The van der Waals surface area contributed by atoms with E-state index in [1.54, 1.807) is 42.5 Å². The van der Waals surface area contributed by atoms with Crippen molar-refractivity contribution >= 4 is 68.8 Å². The summed E-state index contributed by atoms with van der Waals surface area (Å²) < 4.78 is 6.66. The first-order chi connectivity index (χ1) is 11.5. The molecule has 1 heterocycles. The number of thioether (sulfide) groups is 1. The number of esters is 1. The molecule has 0 aliphatic carbocycles. The summed E-state index contributed by atoms with van der Waals surface area (Å²) in [6, 6.07) is 14.2. The van der Waals surface area contributed by atoms with Crippen LogP contribution >= 0.6 is 46.6 Å². The summed E-state index contributed by atoms with van der Waals surface area (Å²) >= 11 is 8.27. The average molecular weight is 467 g/mol. The second-order valence-electron chi connectivity index (χ2n) is 4.79. The predicted octanol–water partition coefficient (Wildman–Crippen LogP) is 4.00. The molecular formula is C17H10INO3S2. The molecule has 1 amide bonds.